The van der Waals surface area contributed by atoms with Gasteiger partial charge in [-0.15, -0.1) is 0 Å². The largest absolute Gasteiger partial charge is 0.399 e. The Morgan fingerprint density at radius 2 is 2.06 bits per heavy atom. The molecule has 1 fully saturated rings. The van der Waals surface area contributed by atoms with Crippen molar-refractivity contribution in [3.63, 3.8) is 0 Å². The maximum absolute atomic E-state index is 12.1. The number of hydrogen-bond donors (Lipinski definition) is 1. The predicted octanol–water partition coefficient (Wildman–Crippen LogP) is 1.04. The van der Waals surface area contributed by atoms with Crippen molar-refractivity contribution in [1.82, 2.24) is 4.90 Å². The van der Waals surface area contributed by atoms with Crippen LogP contribution in [0.1, 0.15) is 33.6 Å². The number of fused-ring (bicyclic) bond motifs is 1. The van der Waals surface area contributed by atoms with Crippen LogP contribution in [0.15, 0.2) is 18.2 Å². The Labute approximate surface area is 105 Å². The Morgan fingerprint density at radius 1 is 1.28 bits per heavy atom. The smallest absolute Gasteiger partial charge is 0.261 e. The molecule has 0 saturated carbocycles. The van der Waals surface area contributed by atoms with Gasteiger partial charge in [-0.3, -0.25) is 14.5 Å². The number of benzene rings is 1. The lowest BCUT2D eigenvalue weighted by Gasteiger charge is -2.17. The number of carbonyl (C=O) groups is 2. The van der Waals surface area contributed by atoms with Crippen molar-refractivity contribution in [1.29, 1.82) is 0 Å². The zero-order valence-corrected chi connectivity index (χ0v) is 9.89. The lowest BCUT2D eigenvalue weighted by Crippen LogP contribution is -2.36. The van der Waals surface area contributed by atoms with Gasteiger partial charge >= 0.3 is 0 Å². The number of nitrogen functional groups attached to an aromatic ring is 1. The first-order chi connectivity index (χ1) is 8.66. The van der Waals surface area contributed by atoms with Crippen LogP contribution < -0.4 is 5.73 Å². The van der Waals surface area contributed by atoms with Crippen LogP contribution in [-0.2, 0) is 4.74 Å². The molecule has 1 aromatic carbocycles. The fourth-order valence-electron chi connectivity index (χ4n) is 2.47. The number of nitrogens with zero attached hydrogens (tertiary/aromatic N) is 1. The third-order valence-electron chi connectivity index (χ3n) is 3.40. The molecule has 2 aliphatic rings. The van der Waals surface area contributed by atoms with Crippen LogP contribution in [-0.4, -0.2) is 36.0 Å². The molecule has 5 heteroatoms. The Kier molecular flexibility index (Phi) is 2.56. The zero-order chi connectivity index (χ0) is 12.7. The highest BCUT2D eigenvalue weighted by Gasteiger charge is 2.37. The minimum absolute atomic E-state index is 0.0236. The normalized spacial score (nSPS) is 22.7. The Morgan fingerprint density at radius 3 is 2.78 bits per heavy atom. The minimum atomic E-state index is -0.266. The summed E-state index contributed by atoms with van der Waals surface area (Å²) >= 11 is 0. The topological polar surface area (TPSA) is 72.6 Å². The van der Waals surface area contributed by atoms with Crippen molar-refractivity contribution in [3.05, 3.63) is 29.3 Å². The summed E-state index contributed by atoms with van der Waals surface area (Å²) in [6.07, 6.45) is 1.86. The minimum Gasteiger partial charge on any atom is -0.399 e. The van der Waals surface area contributed by atoms with Crippen molar-refractivity contribution < 1.29 is 14.3 Å². The number of nitrogens with two attached hydrogens (primary N) is 1. The maximum atomic E-state index is 12.1. The van der Waals surface area contributed by atoms with Crippen molar-refractivity contribution in [3.8, 4) is 0 Å². The van der Waals surface area contributed by atoms with E-state index < -0.39 is 0 Å². The molecular formula is C13H14N2O3. The zero-order valence-electron chi connectivity index (χ0n) is 9.89. The van der Waals surface area contributed by atoms with Gasteiger partial charge < -0.3 is 10.5 Å². The highest BCUT2D eigenvalue weighted by atomic mass is 16.5. The quantitative estimate of drug-likeness (QED) is 0.625. The summed E-state index contributed by atoms with van der Waals surface area (Å²) in [7, 11) is 0. The highest BCUT2D eigenvalue weighted by Crippen LogP contribution is 2.26. The van der Waals surface area contributed by atoms with Gasteiger partial charge in [-0.25, -0.2) is 0 Å². The van der Waals surface area contributed by atoms with E-state index in [4.69, 9.17) is 10.5 Å². The van der Waals surface area contributed by atoms with Crippen LogP contribution >= 0.6 is 0 Å². The van der Waals surface area contributed by atoms with E-state index in [0.29, 0.717) is 30.0 Å². The molecule has 0 spiro atoms. The second-order valence-corrected chi connectivity index (χ2v) is 4.66. The maximum Gasteiger partial charge on any atom is 0.261 e. The van der Waals surface area contributed by atoms with E-state index in [9.17, 15) is 9.59 Å². The second-order valence-electron chi connectivity index (χ2n) is 4.66. The molecule has 3 rings (SSSR count). The van der Waals surface area contributed by atoms with Crippen molar-refractivity contribution in [2.75, 3.05) is 18.9 Å². The van der Waals surface area contributed by atoms with Gasteiger partial charge in [0.1, 0.15) is 0 Å². The Balaban J connectivity index is 1.87. The van der Waals surface area contributed by atoms with Crippen molar-refractivity contribution in [2.24, 2.45) is 0 Å². The summed E-state index contributed by atoms with van der Waals surface area (Å²) in [5.74, 6) is -0.511. The molecule has 0 unspecified atom stereocenters. The van der Waals surface area contributed by atoms with Crippen molar-refractivity contribution >= 4 is 17.5 Å². The molecule has 0 aliphatic carbocycles. The molecule has 1 atom stereocenters. The molecule has 0 radical (unpaired) electrons. The number of amides is 2. The second kappa shape index (κ2) is 4.10. The molecule has 94 valence electrons. The molecule has 2 amide bonds. The summed E-state index contributed by atoms with van der Waals surface area (Å²) in [6.45, 7) is 1.05. The van der Waals surface area contributed by atoms with Crippen LogP contribution in [0.3, 0.4) is 0 Å². The molecule has 0 aromatic heterocycles. The van der Waals surface area contributed by atoms with E-state index in [0.717, 1.165) is 12.8 Å². The standard InChI is InChI=1S/C13H14N2O3/c14-8-3-4-10-11(6-8)13(17)15(12(10)16)7-9-2-1-5-18-9/h3-4,6,9H,1-2,5,7,14H2/t9-/m1/s1. The van der Waals surface area contributed by atoms with Gasteiger partial charge in [0.15, 0.2) is 0 Å². The van der Waals surface area contributed by atoms with Crippen LogP contribution in [0.4, 0.5) is 5.69 Å². The summed E-state index contributed by atoms with van der Waals surface area (Å²) in [6, 6.07) is 4.81. The first-order valence-electron chi connectivity index (χ1n) is 6.04. The number of rotatable bonds is 2. The average Bonchev–Trinajstić information content (AvgIpc) is 2.93. The van der Waals surface area contributed by atoms with Gasteiger partial charge in [0.05, 0.1) is 23.8 Å². The number of imide groups is 1. The fraction of sp³-hybridized carbons (Fsp3) is 0.385. The third kappa shape index (κ3) is 1.67. The number of ether oxygens (including phenoxy) is 1. The van der Waals surface area contributed by atoms with Gasteiger partial charge in [0, 0.05) is 12.3 Å². The molecule has 2 aliphatic heterocycles. The van der Waals surface area contributed by atoms with E-state index in [1.54, 1.807) is 18.2 Å². The molecule has 0 bridgehead atoms. The summed E-state index contributed by atoms with van der Waals surface area (Å²) in [4.78, 5) is 25.5. The van der Waals surface area contributed by atoms with Gasteiger partial charge in [0.2, 0.25) is 0 Å². The molecule has 5 nitrogen and oxygen atoms in total. The van der Waals surface area contributed by atoms with Crippen molar-refractivity contribution in [2.45, 2.75) is 18.9 Å². The van der Waals surface area contributed by atoms with E-state index in [1.807, 2.05) is 0 Å². The SMILES string of the molecule is Nc1ccc2c(c1)C(=O)N(C[C@H]1CCCO1)C2=O. The highest BCUT2D eigenvalue weighted by molar-refractivity contribution is 6.21. The molecule has 2 heterocycles. The van der Waals surface area contributed by atoms with Gasteiger partial charge in [-0.1, -0.05) is 0 Å². The number of anilines is 1. The van der Waals surface area contributed by atoms with Gasteiger partial charge in [-0.05, 0) is 31.0 Å². The van der Waals surface area contributed by atoms with E-state index in [-0.39, 0.29) is 17.9 Å². The van der Waals surface area contributed by atoms with E-state index in [2.05, 4.69) is 0 Å². The lowest BCUT2D eigenvalue weighted by atomic mass is 10.1. The molecule has 18 heavy (non-hydrogen) atoms. The van der Waals surface area contributed by atoms with Crippen LogP contribution in [0.25, 0.3) is 0 Å². The van der Waals surface area contributed by atoms with E-state index >= 15 is 0 Å². The monoisotopic (exact) mass is 246 g/mol. The van der Waals surface area contributed by atoms with Crippen LogP contribution in [0.2, 0.25) is 0 Å². The Bertz CT molecular complexity index is 521. The summed E-state index contributed by atoms with van der Waals surface area (Å²) < 4.78 is 5.46. The molecule has 2 N–H and O–H groups in total. The third-order valence-corrected chi connectivity index (χ3v) is 3.40. The number of carbonyl (C=O) groups excluding carboxylic acids is 2. The first kappa shape index (κ1) is 11.2. The lowest BCUT2D eigenvalue weighted by molar-refractivity contribution is 0.0475. The Hall–Kier alpha value is -1.88. The predicted molar refractivity (Wildman–Crippen MR) is 65.2 cm³/mol. The number of hydrogen-bond acceptors (Lipinski definition) is 4. The first-order valence-corrected chi connectivity index (χ1v) is 6.04. The summed E-state index contributed by atoms with van der Waals surface area (Å²) in [5.41, 5.74) is 6.97. The summed E-state index contributed by atoms with van der Waals surface area (Å²) in [5, 5.41) is 0. The molecule has 1 saturated heterocycles. The average molecular weight is 246 g/mol. The van der Waals surface area contributed by atoms with Crippen LogP contribution in [0.5, 0.6) is 0 Å². The van der Waals surface area contributed by atoms with Gasteiger partial charge in [0.25, 0.3) is 11.8 Å². The van der Waals surface area contributed by atoms with E-state index in [1.165, 1.54) is 4.90 Å². The van der Waals surface area contributed by atoms with Gasteiger partial charge in [-0.2, -0.15) is 0 Å². The molecular weight excluding hydrogens is 232 g/mol. The molecule has 1 aromatic rings. The fourth-order valence-corrected chi connectivity index (χ4v) is 2.47. The van der Waals surface area contributed by atoms with Crippen LogP contribution in [0, 0.1) is 0 Å².